The molecule has 112 valence electrons. The van der Waals surface area contributed by atoms with Crippen LogP contribution < -0.4 is 5.32 Å². The lowest BCUT2D eigenvalue weighted by atomic mass is 10.1. The Labute approximate surface area is 123 Å². The fraction of sp³-hybridized carbons (Fsp3) is 0.400. The van der Waals surface area contributed by atoms with E-state index in [9.17, 15) is 10.1 Å². The second-order valence-electron chi connectivity index (χ2n) is 5.08. The molecule has 0 atom stereocenters. The molecule has 0 aliphatic heterocycles. The van der Waals surface area contributed by atoms with Gasteiger partial charge >= 0.3 is 0 Å². The van der Waals surface area contributed by atoms with Gasteiger partial charge in [-0.05, 0) is 26.3 Å². The van der Waals surface area contributed by atoms with Gasteiger partial charge in [0.25, 0.3) is 5.69 Å². The summed E-state index contributed by atoms with van der Waals surface area (Å²) < 4.78 is 1.84. The van der Waals surface area contributed by atoms with Crippen molar-refractivity contribution >= 4 is 11.4 Å². The molecule has 1 aromatic carbocycles. The van der Waals surface area contributed by atoms with Crippen molar-refractivity contribution < 1.29 is 4.92 Å². The highest BCUT2D eigenvalue weighted by Gasteiger charge is 2.14. The van der Waals surface area contributed by atoms with Crippen molar-refractivity contribution in [2.45, 2.75) is 33.7 Å². The average molecular weight is 288 g/mol. The lowest BCUT2D eigenvalue weighted by Crippen LogP contribution is -2.03. The molecule has 0 unspecified atom stereocenters. The van der Waals surface area contributed by atoms with Crippen LogP contribution >= 0.6 is 0 Å². The van der Waals surface area contributed by atoms with Gasteiger partial charge in [-0.2, -0.15) is 5.10 Å². The summed E-state index contributed by atoms with van der Waals surface area (Å²) in [6, 6.07) is 5.29. The van der Waals surface area contributed by atoms with Crippen molar-refractivity contribution in [2.75, 3.05) is 5.32 Å². The van der Waals surface area contributed by atoms with E-state index in [0.717, 1.165) is 28.2 Å². The Kier molecular flexibility index (Phi) is 4.26. The second-order valence-corrected chi connectivity index (χ2v) is 5.08. The topological polar surface area (TPSA) is 73.0 Å². The highest BCUT2D eigenvalue weighted by Crippen LogP contribution is 2.24. The first-order chi connectivity index (χ1) is 9.93. The summed E-state index contributed by atoms with van der Waals surface area (Å²) in [7, 11) is 1.91. The molecule has 0 aliphatic rings. The number of nitrogens with one attached hydrogen (secondary N) is 1. The zero-order valence-electron chi connectivity index (χ0n) is 12.8. The number of benzene rings is 1. The third kappa shape index (κ3) is 3.04. The maximum atomic E-state index is 11.1. The van der Waals surface area contributed by atoms with Crippen LogP contribution in [0.1, 0.15) is 29.4 Å². The van der Waals surface area contributed by atoms with Crippen LogP contribution in [0.25, 0.3) is 0 Å². The molecule has 0 aliphatic carbocycles. The molecule has 2 rings (SSSR count). The molecule has 0 bridgehead atoms. The van der Waals surface area contributed by atoms with Crippen LogP contribution in [-0.2, 0) is 20.0 Å². The predicted octanol–water partition coefficient (Wildman–Crippen LogP) is 3.12. The first-order valence-corrected chi connectivity index (χ1v) is 6.94. The molecule has 0 fully saturated rings. The molecule has 0 saturated heterocycles. The van der Waals surface area contributed by atoms with E-state index < -0.39 is 0 Å². The minimum absolute atomic E-state index is 0.169. The smallest absolute Gasteiger partial charge is 0.274 e. The normalized spacial score (nSPS) is 10.7. The maximum Gasteiger partial charge on any atom is 0.274 e. The van der Waals surface area contributed by atoms with E-state index in [2.05, 4.69) is 10.4 Å². The van der Waals surface area contributed by atoms with Crippen LogP contribution in [0.5, 0.6) is 0 Å². The molecule has 1 heterocycles. The molecule has 0 radical (unpaired) electrons. The van der Waals surface area contributed by atoms with Gasteiger partial charge in [-0.1, -0.05) is 13.0 Å². The molecular weight excluding hydrogens is 268 g/mol. The minimum Gasteiger partial charge on any atom is -0.381 e. The number of hydrogen-bond acceptors (Lipinski definition) is 4. The summed E-state index contributed by atoms with van der Waals surface area (Å²) in [5.41, 5.74) is 4.87. The molecule has 6 nitrogen and oxygen atoms in total. The van der Waals surface area contributed by atoms with Gasteiger partial charge in [-0.25, -0.2) is 0 Å². The SMILES string of the molecule is CCc1ccc(NCc2c(C)nn(C)c2C)cc1[N+](=O)[O-]. The largest absolute Gasteiger partial charge is 0.381 e. The zero-order valence-corrected chi connectivity index (χ0v) is 12.8. The van der Waals surface area contributed by atoms with E-state index in [0.29, 0.717) is 13.0 Å². The molecule has 21 heavy (non-hydrogen) atoms. The van der Waals surface area contributed by atoms with Gasteiger partial charge in [0.2, 0.25) is 0 Å². The number of aryl methyl sites for hydroxylation is 3. The third-order valence-electron chi connectivity index (χ3n) is 3.79. The fourth-order valence-electron chi connectivity index (χ4n) is 2.41. The molecule has 0 spiro atoms. The number of aromatic nitrogens is 2. The second kappa shape index (κ2) is 5.95. The predicted molar refractivity (Wildman–Crippen MR) is 82.5 cm³/mol. The van der Waals surface area contributed by atoms with Gasteiger partial charge in [0.1, 0.15) is 0 Å². The van der Waals surface area contributed by atoms with Crippen LogP contribution in [0.3, 0.4) is 0 Å². The van der Waals surface area contributed by atoms with Gasteiger partial charge in [-0.3, -0.25) is 14.8 Å². The number of hydrogen-bond donors (Lipinski definition) is 1. The molecule has 6 heteroatoms. The Morgan fingerprint density at radius 2 is 2.10 bits per heavy atom. The molecule has 1 N–H and O–H groups in total. The van der Waals surface area contributed by atoms with Crippen LogP contribution in [0, 0.1) is 24.0 Å². The number of nitro groups is 1. The quantitative estimate of drug-likeness (QED) is 0.677. The van der Waals surface area contributed by atoms with E-state index in [1.165, 1.54) is 0 Å². The van der Waals surface area contributed by atoms with E-state index in [-0.39, 0.29) is 10.6 Å². The van der Waals surface area contributed by atoms with Crippen LogP contribution in [-0.4, -0.2) is 14.7 Å². The summed E-state index contributed by atoms with van der Waals surface area (Å²) in [5, 5.41) is 18.7. The number of anilines is 1. The van der Waals surface area contributed by atoms with Crippen LogP contribution in [0.15, 0.2) is 18.2 Å². The van der Waals surface area contributed by atoms with Gasteiger partial charge in [-0.15, -0.1) is 0 Å². The molecule has 1 aromatic heterocycles. The van der Waals surface area contributed by atoms with Gasteiger partial charge in [0.15, 0.2) is 0 Å². The van der Waals surface area contributed by atoms with E-state index in [1.54, 1.807) is 6.07 Å². The zero-order chi connectivity index (χ0) is 15.6. The Balaban J connectivity index is 2.20. The maximum absolute atomic E-state index is 11.1. The van der Waals surface area contributed by atoms with Gasteiger partial charge in [0, 0.05) is 42.2 Å². The van der Waals surface area contributed by atoms with E-state index in [1.807, 2.05) is 44.6 Å². The standard InChI is InChI=1S/C15H20N4O2/c1-5-12-6-7-13(8-15(12)19(20)21)16-9-14-10(2)17-18(4)11(14)3/h6-8,16H,5,9H2,1-4H3. The minimum atomic E-state index is -0.329. The van der Waals surface area contributed by atoms with Crippen LogP contribution in [0.4, 0.5) is 11.4 Å². The Morgan fingerprint density at radius 1 is 1.38 bits per heavy atom. The number of rotatable bonds is 5. The highest BCUT2D eigenvalue weighted by atomic mass is 16.6. The van der Waals surface area contributed by atoms with Crippen molar-refractivity contribution in [3.8, 4) is 0 Å². The first kappa shape index (κ1) is 15.0. The summed E-state index contributed by atoms with van der Waals surface area (Å²) in [6.07, 6.45) is 0.650. The van der Waals surface area contributed by atoms with Crippen molar-refractivity contribution in [1.82, 2.24) is 9.78 Å². The van der Waals surface area contributed by atoms with Crippen molar-refractivity contribution in [2.24, 2.45) is 7.05 Å². The van der Waals surface area contributed by atoms with Crippen molar-refractivity contribution in [3.05, 3.63) is 50.8 Å². The number of nitrogens with zero attached hydrogens (tertiary/aromatic N) is 3. The third-order valence-corrected chi connectivity index (χ3v) is 3.79. The summed E-state index contributed by atoms with van der Waals surface area (Å²) in [4.78, 5) is 10.8. The monoisotopic (exact) mass is 288 g/mol. The summed E-state index contributed by atoms with van der Waals surface area (Å²) in [6.45, 7) is 6.50. The first-order valence-electron chi connectivity index (χ1n) is 6.94. The number of nitro benzene ring substituents is 1. The Hall–Kier alpha value is -2.37. The lowest BCUT2D eigenvalue weighted by Gasteiger charge is -2.08. The molecule has 2 aromatic rings. The molecular formula is C15H20N4O2. The summed E-state index contributed by atoms with van der Waals surface area (Å²) >= 11 is 0. The van der Waals surface area contributed by atoms with E-state index in [4.69, 9.17) is 0 Å². The molecule has 0 saturated carbocycles. The van der Waals surface area contributed by atoms with Crippen LogP contribution in [0.2, 0.25) is 0 Å². The van der Waals surface area contributed by atoms with Gasteiger partial charge < -0.3 is 5.32 Å². The fourth-order valence-corrected chi connectivity index (χ4v) is 2.41. The molecule has 0 amide bonds. The Morgan fingerprint density at radius 3 is 2.62 bits per heavy atom. The van der Waals surface area contributed by atoms with E-state index >= 15 is 0 Å². The highest BCUT2D eigenvalue weighted by molar-refractivity contribution is 5.55. The summed E-state index contributed by atoms with van der Waals surface area (Å²) in [5.74, 6) is 0. The van der Waals surface area contributed by atoms with Crippen molar-refractivity contribution in [3.63, 3.8) is 0 Å². The van der Waals surface area contributed by atoms with Gasteiger partial charge in [0.05, 0.1) is 10.6 Å². The Bertz CT molecular complexity index is 677. The average Bonchev–Trinajstić information content (AvgIpc) is 2.70. The lowest BCUT2D eigenvalue weighted by molar-refractivity contribution is -0.385. The van der Waals surface area contributed by atoms with Crippen molar-refractivity contribution in [1.29, 1.82) is 0 Å².